The normalized spacial score (nSPS) is 12.1. The lowest BCUT2D eigenvalue weighted by Gasteiger charge is -2.19. The van der Waals surface area contributed by atoms with Gasteiger partial charge in [-0.3, -0.25) is 4.98 Å². The first kappa shape index (κ1) is 24.0. The van der Waals surface area contributed by atoms with Crippen molar-refractivity contribution in [3.8, 4) is 22.3 Å². The molecule has 3 heterocycles. The highest BCUT2D eigenvalue weighted by atomic mass is 16.4. The monoisotopic (exact) mass is 523 g/mol. The van der Waals surface area contributed by atoms with Crippen molar-refractivity contribution in [1.29, 1.82) is 0 Å². The topological polar surface area (TPSA) is 73.3 Å². The molecule has 5 heteroatoms. The summed E-state index contributed by atoms with van der Waals surface area (Å²) < 4.78 is 11.6. The number of fused-ring (bicyclic) bond motifs is 6. The third-order valence-corrected chi connectivity index (χ3v) is 7.58. The zero-order valence-corrected chi connectivity index (χ0v) is 22.3. The van der Waals surface area contributed by atoms with Crippen LogP contribution in [0.2, 0.25) is 0 Å². The van der Waals surface area contributed by atoms with E-state index in [1.807, 2.05) is 60.7 Å². The molecular weight excluding hydrogens is 498 g/mol. The molecule has 0 N–H and O–H groups in total. The number of rotatable bonds is 2. The maximum absolute atomic E-state index is 13.1. The number of hydrogen-bond acceptors (Lipinski definition) is 5. The molecule has 0 bridgehead atoms. The van der Waals surface area contributed by atoms with E-state index in [1.165, 1.54) is 5.56 Å². The van der Waals surface area contributed by atoms with Crippen LogP contribution in [0.3, 0.4) is 0 Å². The smallest absolute Gasteiger partial charge is 0.344 e. The van der Waals surface area contributed by atoms with Gasteiger partial charge >= 0.3 is 11.3 Å². The summed E-state index contributed by atoms with van der Waals surface area (Å²) in [5.41, 5.74) is 3.28. The van der Waals surface area contributed by atoms with E-state index in [1.54, 1.807) is 18.5 Å². The maximum atomic E-state index is 13.1. The first-order chi connectivity index (χ1) is 19.3. The molecule has 0 spiro atoms. The first-order valence-corrected chi connectivity index (χ1v) is 13.2. The quantitative estimate of drug-likeness (QED) is 0.169. The van der Waals surface area contributed by atoms with Crippen LogP contribution in [-0.4, -0.2) is 4.98 Å². The van der Waals surface area contributed by atoms with Crippen LogP contribution in [0.15, 0.2) is 116 Å². The van der Waals surface area contributed by atoms with Crippen molar-refractivity contribution in [2.24, 2.45) is 0 Å². The van der Waals surface area contributed by atoms with Crippen molar-refractivity contribution in [3.05, 3.63) is 124 Å². The van der Waals surface area contributed by atoms with E-state index < -0.39 is 11.3 Å². The second kappa shape index (κ2) is 8.75. The minimum absolute atomic E-state index is 0.0201. The summed E-state index contributed by atoms with van der Waals surface area (Å²) in [6, 6.07) is 27.4. The van der Waals surface area contributed by atoms with Gasteiger partial charge in [0.05, 0.1) is 11.1 Å². The average Bonchev–Trinajstić information content (AvgIpc) is 2.95. The minimum Gasteiger partial charge on any atom is -0.422 e. The standard InChI is InChI=1S/C35H25NO4/c1-35(2,3)25-11-12-26-21(15-25)10-13-31-30(26)17-29(33(37)39-31)24-14-23(18-36-19-24)28-16-22-9-8-20-6-4-5-7-27(20)32(22)40-34(28)38/h4-19H,1-3H3. The summed E-state index contributed by atoms with van der Waals surface area (Å²) in [6.07, 6.45) is 3.22. The van der Waals surface area contributed by atoms with Gasteiger partial charge in [-0.25, -0.2) is 9.59 Å². The number of benzene rings is 4. The number of pyridine rings is 1. The van der Waals surface area contributed by atoms with Gasteiger partial charge in [-0.1, -0.05) is 81.4 Å². The summed E-state index contributed by atoms with van der Waals surface area (Å²) in [6.45, 7) is 6.56. The molecule has 0 aliphatic rings. The summed E-state index contributed by atoms with van der Waals surface area (Å²) in [5, 5.41) is 5.61. The summed E-state index contributed by atoms with van der Waals surface area (Å²) in [4.78, 5) is 30.6. The highest BCUT2D eigenvalue weighted by molar-refractivity contribution is 6.07. The second-order valence-electron chi connectivity index (χ2n) is 11.2. The molecule has 0 amide bonds. The lowest BCUT2D eigenvalue weighted by atomic mass is 9.85. The lowest BCUT2D eigenvalue weighted by Crippen LogP contribution is -2.10. The van der Waals surface area contributed by atoms with Crippen LogP contribution < -0.4 is 11.3 Å². The Balaban J connectivity index is 1.38. The fourth-order valence-corrected chi connectivity index (χ4v) is 5.38. The van der Waals surface area contributed by atoms with E-state index in [0.717, 1.165) is 32.3 Å². The summed E-state index contributed by atoms with van der Waals surface area (Å²) >= 11 is 0. The third kappa shape index (κ3) is 3.90. The summed E-state index contributed by atoms with van der Waals surface area (Å²) in [7, 11) is 0. The van der Waals surface area contributed by atoms with E-state index in [9.17, 15) is 9.59 Å². The summed E-state index contributed by atoms with van der Waals surface area (Å²) in [5.74, 6) is 0. The van der Waals surface area contributed by atoms with Gasteiger partial charge in [0, 0.05) is 39.7 Å². The molecule has 40 heavy (non-hydrogen) atoms. The van der Waals surface area contributed by atoms with Crippen LogP contribution >= 0.6 is 0 Å². The Morgan fingerprint density at radius 3 is 2.10 bits per heavy atom. The van der Waals surface area contributed by atoms with Crippen LogP contribution in [0.5, 0.6) is 0 Å². The van der Waals surface area contributed by atoms with E-state index >= 15 is 0 Å². The fourth-order valence-electron chi connectivity index (χ4n) is 5.38. The van der Waals surface area contributed by atoms with Crippen molar-refractivity contribution >= 4 is 43.5 Å². The third-order valence-electron chi connectivity index (χ3n) is 7.58. The van der Waals surface area contributed by atoms with Crippen LogP contribution in [0.25, 0.3) is 65.7 Å². The Kier molecular flexibility index (Phi) is 5.26. The largest absolute Gasteiger partial charge is 0.422 e. The second-order valence-corrected chi connectivity index (χ2v) is 11.2. The molecule has 0 aliphatic heterocycles. The highest BCUT2D eigenvalue weighted by Gasteiger charge is 2.17. The van der Waals surface area contributed by atoms with Gasteiger partial charge in [-0.2, -0.15) is 0 Å². The maximum Gasteiger partial charge on any atom is 0.344 e. The predicted molar refractivity (Wildman–Crippen MR) is 161 cm³/mol. The van der Waals surface area contributed by atoms with E-state index in [0.29, 0.717) is 33.4 Å². The van der Waals surface area contributed by atoms with E-state index in [-0.39, 0.29) is 5.41 Å². The molecule has 0 fully saturated rings. The van der Waals surface area contributed by atoms with Gasteiger partial charge in [-0.15, -0.1) is 0 Å². The Morgan fingerprint density at radius 2 is 1.30 bits per heavy atom. The fraction of sp³-hybridized carbons (Fsp3) is 0.114. The molecule has 194 valence electrons. The molecule has 0 saturated heterocycles. The van der Waals surface area contributed by atoms with Gasteiger partial charge in [0.1, 0.15) is 11.2 Å². The molecule has 0 unspecified atom stereocenters. The predicted octanol–water partition coefficient (Wildman–Crippen LogP) is 8.23. The Bertz CT molecular complexity index is 2250. The molecule has 3 aromatic heterocycles. The van der Waals surface area contributed by atoms with Gasteiger partial charge in [-0.05, 0) is 51.4 Å². The molecule has 5 nitrogen and oxygen atoms in total. The van der Waals surface area contributed by atoms with Crippen LogP contribution in [-0.2, 0) is 5.41 Å². The Morgan fingerprint density at radius 1 is 0.600 bits per heavy atom. The molecule has 0 radical (unpaired) electrons. The van der Waals surface area contributed by atoms with Gasteiger partial charge < -0.3 is 8.83 Å². The van der Waals surface area contributed by atoms with Crippen molar-refractivity contribution < 1.29 is 8.83 Å². The van der Waals surface area contributed by atoms with Crippen molar-refractivity contribution in [3.63, 3.8) is 0 Å². The van der Waals surface area contributed by atoms with Crippen molar-refractivity contribution in [2.45, 2.75) is 26.2 Å². The van der Waals surface area contributed by atoms with Gasteiger partial charge in [0.25, 0.3) is 0 Å². The van der Waals surface area contributed by atoms with Gasteiger partial charge in [0.2, 0.25) is 0 Å². The first-order valence-electron chi connectivity index (χ1n) is 13.2. The van der Waals surface area contributed by atoms with E-state index in [4.69, 9.17) is 8.83 Å². The number of hydrogen-bond donors (Lipinski definition) is 0. The van der Waals surface area contributed by atoms with Crippen molar-refractivity contribution in [2.75, 3.05) is 0 Å². The highest BCUT2D eigenvalue weighted by Crippen LogP contribution is 2.33. The molecule has 7 rings (SSSR count). The van der Waals surface area contributed by atoms with Crippen LogP contribution in [0.4, 0.5) is 0 Å². The lowest BCUT2D eigenvalue weighted by molar-refractivity contribution is 0.564. The number of aromatic nitrogens is 1. The zero-order valence-electron chi connectivity index (χ0n) is 22.3. The average molecular weight is 524 g/mol. The Hall–Kier alpha value is -5.03. The molecular formula is C35H25NO4. The molecule has 0 atom stereocenters. The molecule has 0 aliphatic carbocycles. The van der Waals surface area contributed by atoms with Crippen LogP contribution in [0, 0.1) is 0 Å². The number of nitrogens with zero attached hydrogens (tertiary/aromatic N) is 1. The molecule has 0 saturated carbocycles. The van der Waals surface area contributed by atoms with Crippen molar-refractivity contribution in [1.82, 2.24) is 4.98 Å². The van der Waals surface area contributed by atoms with Gasteiger partial charge in [0.15, 0.2) is 0 Å². The zero-order chi connectivity index (χ0) is 27.6. The van der Waals surface area contributed by atoms with E-state index in [2.05, 4.69) is 44.0 Å². The SMILES string of the molecule is CC(C)(C)c1ccc2c(ccc3oc(=O)c(-c4cncc(-c5cc6ccc7ccccc7c6oc5=O)c4)cc32)c1. The molecule has 7 aromatic rings. The molecule has 4 aromatic carbocycles. The Labute approximate surface area is 229 Å². The van der Waals surface area contributed by atoms with Crippen LogP contribution in [0.1, 0.15) is 26.3 Å². The minimum atomic E-state index is -0.464.